The lowest BCUT2D eigenvalue weighted by Crippen LogP contribution is -2.63. The maximum atomic E-state index is 3.77. The first-order chi connectivity index (χ1) is 8.63. The van der Waals surface area contributed by atoms with Gasteiger partial charge in [0.15, 0.2) is 0 Å². The van der Waals surface area contributed by atoms with Crippen LogP contribution in [0.25, 0.3) is 0 Å². The second kappa shape index (κ2) is 3.73. The van der Waals surface area contributed by atoms with E-state index >= 15 is 0 Å². The molecule has 4 fully saturated rings. The molecule has 1 heterocycles. The molecule has 0 radical (unpaired) electrons. The van der Waals surface area contributed by atoms with Crippen molar-refractivity contribution in [3.05, 3.63) is 0 Å². The van der Waals surface area contributed by atoms with Gasteiger partial charge in [-0.05, 0) is 63.2 Å². The predicted molar refractivity (Wildman–Crippen MR) is 74.5 cm³/mol. The van der Waals surface area contributed by atoms with Gasteiger partial charge in [-0.3, -0.25) is 4.90 Å². The molecule has 102 valence electrons. The summed E-state index contributed by atoms with van der Waals surface area (Å²) < 4.78 is 0. The van der Waals surface area contributed by atoms with Crippen molar-refractivity contribution in [3.63, 3.8) is 0 Å². The van der Waals surface area contributed by atoms with Gasteiger partial charge in [0.1, 0.15) is 0 Å². The molecular weight excluding hydrogens is 220 g/mol. The molecule has 4 rings (SSSR count). The van der Waals surface area contributed by atoms with Crippen LogP contribution in [-0.2, 0) is 0 Å². The first-order valence-corrected chi connectivity index (χ1v) is 8.14. The first-order valence-electron chi connectivity index (χ1n) is 8.14. The van der Waals surface area contributed by atoms with E-state index in [9.17, 15) is 0 Å². The van der Waals surface area contributed by atoms with Crippen LogP contribution in [0.5, 0.6) is 0 Å². The number of hydrogen-bond donors (Lipinski definition) is 1. The van der Waals surface area contributed by atoms with Gasteiger partial charge in [-0.25, -0.2) is 0 Å². The van der Waals surface area contributed by atoms with Crippen LogP contribution in [0.15, 0.2) is 0 Å². The quantitative estimate of drug-likeness (QED) is 0.808. The van der Waals surface area contributed by atoms with E-state index in [0.29, 0.717) is 5.54 Å². The van der Waals surface area contributed by atoms with Crippen LogP contribution < -0.4 is 5.32 Å². The fourth-order valence-electron chi connectivity index (χ4n) is 5.48. The summed E-state index contributed by atoms with van der Waals surface area (Å²) >= 11 is 0. The summed E-state index contributed by atoms with van der Waals surface area (Å²) in [4.78, 5) is 2.89. The number of nitrogens with one attached hydrogen (secondary N) is 1. The maximum absolute atomic E-state index is 3.77. The van der Waals surface area contributed by atoms with Crippen molar-refractivity contribution < 1.29 is 0 Å². The van der Waals surface area contributed by atoms with Crippen LogP contribution in [0.4, 0.5) is 0 Å². The largest absolute Gasteiger partial charge is 0.309 e. The SMILES string of the molecule is CCC1(C)CN(C2C3C4CCC(C4)C32)C(C)CN1. The minimum absolute atomic E-state index is 0.364. The third kappa shape index (κ3) is 1.48. The average Bonchev–Trinajstić information content (AvgIpc) is 2.80. The molecule has 2 nitrogen and oxygen atoms in total. The van der Waals surface area contributed by atoms with E-state index in [1.807, 2.05) is 0 Å². The van der Waals surface area contributed by atoms with E-state index in [-0.39, 0.29) is 0 Å². The Balaban J connectivity index is 1.51. The minimum atomic E-state index is 0.364. The molecule has 2 bridgehead atoms. The highest BCUT2D eigenvalue weighted by atomic mass is 15.3. The van der Waals surface area contributed by atoms with Gasteiger partial charge in [0.2, 0.25) is 0 Å². The lowest BCUT2D eigenvalue weighted by atomic mass is 9.92. The molecule has 3 saturated carbocycles. The fourth-order valence-corrected chi connectivity index (χ4v) is 5.48. The molecule has 0 aromatic heterocycles. The molecule has 0 amide bonds. The van der Waals surface area contributed by atoms with E-state index in [4.69, 9.17) is 0 Å². The summed E-state index contributed by atoms with van der Waals surface area (Å²) in [5.41, 5.74) is 0.364. The third-order valence-electron chi connectivity index (χ3n) is 6.78. The van der Waals surface area contributed by atoms with Crippen LogP contribution in [-0.4, -0.2) is 35.6 Å². The van der Waals surface area contributed by atoms with Gasteiger partial charge in [0.05, 0.1) is 0 Å². The molecule has 2 heteroatoms. The molecule has 6 atom stereocenters. The normalized spacial score (nSPS) is 58.8. The molecule has 1 aliphatic heterocycles. The smallest absolute Gasteiger partial charge is 0.0278 e. The molecule has 3 aliphatic carbocycles. The zero-order chi connectivity index (χ0) is 12.5. The standard InChI is InChI=1S/C16H28N2/c1-4-16(3)9-18(10(2)8-17-16)15-13-11-5-6-12(7-11)14(13)15/h10-15,17H,4-9H2,1-3H3. The molecular formula is C16H28N2. The Kier molecular flexibility index (Phi) is 2.43. The Bertz CT molecular complexity index is 339. The van der Waals surface area contributed by atoms with Gasteiger partial charge in [0, 0.05) is 30.7 Å². The molecule has 4 aliphatic rings. The maximum Gasteiger partial charge on any atom is 0.0278 e. The van der Waals surface area contributed by atoms with Crippen LogP contribution in [0, 0.1) is 23.7 Å². The summed E-state index contributed by atoms with van der Waals surface area (Å²) in [7, 11) is 0. The van der Waals surface area contributed by atoms with Gasteiger partial charge in [-0.15, -0.1) is 0 Å². The molecule has 1 saturated heterocycles. The Labute approximate surface area is 111 Å². The van der Waals surface area contributed by atoms with E-state index in [2.05, 4.69) is 31.0 Å². The fraction of sp³-hybridized carbons (Fsp3) is 1.00. The topological polar surface area (TPSA) is 15.3 Å². The van der Waals surface area contributed by atoms with Crippen molar-refractivity contribution in [2.75, 3.05) is 13.1 Å². The summed E-state index contributed by atoms with van der Waals surface area (Å²) in [5, 5.41) is 3.77. The highest BCUT2D eigenvalue weighted by Crippen LogP contribution is 2.67. The highest BCUT2D eigenvalue weighted by molar-refractivity contribution is 5.19. The van der Waals surface area contributed by atoms with Crippen molar-refractivity contribution >= 4 is 0 Å². The lowest BCUT2D eigenvalue weighted by molar-refractivity contribution is 0.0703. The van der Waals surface area contributed by atoms with Gasteiger partial charge < -0.3 is 5.32 Å². The van der Waals surface area contributed by atoms with Crippen molar-refractivity contribution in [1.29, 1.82) is 0 Å². The Morgan fingerprint density at radius 3 is 2.50 bits per heavy atom. The van der Waals surface area contributed by atoms with Crippen LogP contribution in [0.3, 0.4) is 0 Å². The number of hydrogen-bond acceptors (Lipinski definition) is 2. The summed E-state index contributed by atoms with van der Waals surface area (Å²) in [6, 6.07) is 1.72. The van der Waals surface area contributed by atoms with E-state index in [0.717, 1.165) is 35.8 Å². The van der Waals surface area contributed by atoms with E-state index in [1.54, 1.807) is 19.3 Å². The second-order valence-corrected chi connectivity index (χ2v) is 7.79. The number of fused-ring (bicyclic) bond motifs is 5. The predicted octanol–water partition coefficient (Wildman–Crippen LogP) is 2.49. The Hall–Kier alpha value is -0.0800. The third-order valence-corrected chi connectivity index (χ3v) is 6.78. The van der Waals surface area contributed by atoms with Crippen molar-refractivity contribution in [2.24, 2.45) is 23.7 Å². The zero-order valence-corrected chi connectivity index (χ0v) is 12.2. The van der Waals surface area contributed by atoms with Crippen molar-refractivity contribution in [3.8, 4) is 0 Å². The number of rotatable bonds is 2. The van der Waals surface area contributed by atoms with Crippen molar-refractivity contribution in [2.45, 2.75) is 64.1 Å². The molecule has 0 aromatic carbocycles. The van der Waals surface area contributed by atoms with Gasteiger partial charge >= 0.3 is 0 Å². The molecule has 6 unspecified atom stereocenters. The van der Waals surface area contributed by atoms with Gasteiger partial charge in [0.25, 0.3) is 0 Å². The van der Waals surface area contributed by atoms with Gasteiger partial charge in [-0.1, -0.05) is 6.92 Å². The Morgan fingerprint density at radius 2 is 1.89 bits per heavy atom. The van der Waals surface area contributed by atoms with Gasteiger partial charge in [-0.2, -0.15) is 0 Å². The van der Waals surface area contributed by atoms with E-state index < -0.39 is 0 Å². The molecule has 1 N–H and O–H groups in total. The lowest BCUT2D eigenvalue weighted by Gasteiger charge is -2.46. The van der Waals surface area contributed by atoms with Crippen LogP contribution in [0.2, 0.25) is 0 Å². The van der Waals surface area contributed by atoms with E-state index in [1.165, 1.54) is 19.5 Å². The highest BCUT2D eigenvalue weighted by Gasteiger charge is 2.67. The summed E-state index contributed by atoms with van der Waals surface area (Å²) in [5.74, 6) is 4.43. The first kappa shape index (κ1) is 11.7. The summed E-state index contributed by atoms with van der Waals surface area (Å²) in [6.07, 6.45) is 5.93. The van der Waals surface area contributed by atoms with Crippen LogP contribution >= 0.6 is 0 Å². The van der Waals surface area contributed by atoms with Crippen LogP contribution in [0.1, 0.15) is 46.5 Å². The molecule has 0 spiro atoms. The second-order valence-electron chi connectivity index (χ2n) is 7.79. The average molecular weight is 248 g/mol. The van der Waals surface area contributed by atoms with Crippen molar-refractivity contribution in [1.82, 2.24) is 10.2 Å². The zero-order valence-electron chi connectivity index (χ0n) is 12.2. The molecule has 18 heavy (non-hydrogen) atoms. The minimum Gasteiger partial charge on any atom is -0.309 e. The number of nitrogens with zero attached hydrogens (tertiary/aromatic N) is 1. The molecule has 0 aromatic rings. The number of piperazine rings is 1. The summed E-state index contributed by atoms with van der Waals surface area (Å²) in [6.45, 7) is 9.65. The Morgan fingerprint density at radius 1 is 1.22 bits per heavy atom. The monoisotopic (exact) mass is 248 g/mol.